The van der Waals surface area contributed by atoms with E-state index in [1.165, 1.54) is 30.3 Å². The van der Waals surface area contributed by atoms with Crippen molar-refractivity contribution in [2.75, 3.05) is 23.4 Å². The van der Waals surface area contributed by atoms with E-state index in [-0.39, 0.29) is 27.8 Å². The minimum atomic E-state index is -4.67. The first-order valence-corrected chi connectivity index (χ1v) is 11.9. The number of nitrogens with zero attached hydrogens (tertiary/aromatic N) is 3. The van der Waals surface area contributed by atoms with Gasteiger partial charge in [-0.05, 0) is 42.8 Å². The standard InChI is InChI=1S/C24H26F3N5O3S/c1-3-4-5-10-31(2)19-8-7-15(12-17(19)24(25,26)27)32(22(29)35)23-30-18(13-36-23)14-6-9-20(33)16(11-14)21(28)34/h6-9,11-13,33H,3-5,10H2,1-2H3,(H2,28,34)(H2,29,35). The number of halogens is 3. The molecule has 1 aromatic heterocycles. The summed E-state index contributed by atoms with van der Waals surface area (Å²) >= 11 is 0.975. The molecule has 0 saturated carbocycles. The van der Waals surface area contributed by atoms with Crippen LogP contribution in [0.3, 0.4) is 0 Å². The number of anilines is 3. The second-order valence-corrected chi connectivity index (χ2v) is 8.95. The Balaban J connectivity index is 2.01. The van der Waals surface area contributed by atoms with E-state index in [0.29, 0.717) is 17.8 Å². The number of aromatic hydroxyl groups is 1. The molecule has 0 aliphatic carbocycles. The van der Waals surface area contributed by atoms with Crippen molar-refractivity contribution in [1.29, 1.82) is 0 Å². The van der Waals surface area contributed by atoms with Crippen molar-refractivity contribution in [3.8, 4) is 17.0 Å². The zero-order valence-electron chi connectivity index (χ0n) is 19.7. The van der Waals surface area contributed by atoms with E-state index in [1.807, 2.05) is 6.92 Å². The number of benzene rings is 2. The average molecular weight is 522 g/mol. The topological polar surface area (TPSA) is 126 Å². The van der Waals surface area contributed by atoms with Gasteiger partial charge in [-0.15, -0.1) is 11.3 Å². The highest BCUT2D eigenvalue weighted by Gasteiger charge is 2.36. The van der Waals surface area contributed by atoms with Gasteiger partial charge in [-0.1, -0.05) is 19.8 Å². The summed E-state index contributed by atoms with van der Waals surface area (Å²) in [7, 11) is 1.59. The molecule has 0 radical (unpaired) electrons. The molecule has 0 atom stereocenters. The van der Waals surface area contributed by atoms with Gasteiger partial charge in [0.05, 0.1) is 22.5 Å². The van der Waals surface area contributed by atoms with Crippen molar-refractivity contribution in [1.82, 2.24) is 4.98 Å². The van der Waals surface area contributed by atoms with Gasteiger partial charge in [0.15, 0.2) is 5.13 Å². The van der Waals surface area contributed by atoms with Crippen LogP contribution in [-0.2, 0) is 6.18 Å². The Morgan fingerprint density at radius 2 is 1.83 bits per heavy atom. The number of carbonyl (C=O) groups excluding carboxylic acids is 2. The van der Waals surface area contributed by atoms with Crippen LogP contribution in [0.2, 0.25) is 0 Å². The van der Waals surface area contributed by atoms with Crippen molar-refractivity contribution >= 4 is 39.8 Å². The number of nitrogens with two attached hydrogens (primary N) is 2. The fourth-order valence-electron chi connectivity index (χ4n) is 3.67. The smallest absolute Gasteiger partial charge is 0.418 e. The molecule has 1 heterocycles. The molecule has 0 aliphatic rings. The van der Waals surface area contributed by atoms with Crippen molar-refractivity contribution in [2.45, 2.75) is 32.4 Å². The predicted octanol–water partition coefficient (Wildman–Crippen LogP) is 5.48. The summed E-state index contributed by atoms with van der Waals surface area (Å²) in [5, 5.41) is 11.4. The Bertz CT molecular complexity index is 1260. The lowest BCUT2D eigenvalue weighted by atomic mass is 10.1. The third-order valence-electron chi connectivity index (χ3n) is 5.51. The number of amides is 3. The molecular weight excluding hydrogens is 495 g/mol. The van der Waals surface area contributed by atoms with Gasteiger partial charge in [-0.3, -0.25) is 4.79 Å². The summed E-state index contributed by atoms with van der Waals surface area (Å²) in [5.74, 6) is -1.15. The summed E-state index contributed by atoms with van der Waals surface area (Å²) < 4.78 is 41.9. The zero-order valence-corrected chi connectivity index (χ0v) is 20.5. The third-order valence-corrected chi connectivity index (χ3v) is 6.34. The first kappa shape index (κ1) is 26.8. The number of aromatic nitrogens is 1. The Kier molecular flexibility index (Phi) is 8.08. The van der Waals surface area contributed by atoms with Crippen LogP contribution in [-0.4, -0.2) is 35.6 Å². The summed E-state index contributed by atoms with van der Waals surface area (Å²) in [6, 6.07) is 6.65. The molecule has 0 spiro atoms. The quantitative estimate of drug-likeness (QED) is 0.322. The SMILES string of the molecule is CCCCCN(C)c1ccc(N(C(N)=O)c2nc(-c3ccc(O)c(C(N)=O)c3)cs2)cc1C(F)(F)F. The van der Waals surface area contributed by atoms with E-state index < -0.39 is 23.7 Å². The monoisotopic (exact) mass is 521 g/mol. The molecule has 3 amide bonds. The first-order valence-electron chi connectivity index (χ1n) is 11.0. The van der Waals surface area contributed by atoms with Crippen LogP contribution in [0.5, 0.6) is 5.75 Å². The summed E-state index contributed by atoms with van der Waals surface area (Å²) in [4.78, 5) is 30.6. The number of urea groups is 1. The number of unbranched alkanes of at least 4 members (excludes halogenated alkanes) is 2. The Labute approximate surface area is 210 Å². The first-order chi connectivity index (χ1) is 16.9. The minimum Gasteiger partial charge on any atom is -0.507 e. The number of primary amides is 2. The van der Waals surface area contributed by atoms with E-state index in [2.05, 4.69) is 4.98 Å². The molecule has 36 heavy (non-hydrogen) atoms. The van der Waals surface area contributed by atoms with Gasteiger partial charge in [-0.2, -0.15) is 13.2 Å². The van der Waals surface area contributed by atoms with Gasteiger partial charge in [0.25, 0.3) is 5.91 Å². The highest BCUT2D eigenvalue weighted by Crippen LogP contribution is 2.41. The highest BCUT2D eigenvalue weighted by molar-refractivity contribution is 7.14. The van der Waals surface area contributed by atoms with Crippen LogP contribution < -0.4 is 21.3 Å². The summed E-state index contributed by atoms with van der Waals surface area (Å²) in [6.07, 6.45) is -2.08. The van der Waals surface area contributed by atoms with Gasteiger partial charge >= 0.3 is 12.2 Å². The maximum absolute atomic E-state index is 14.0. The zero-order chi connectivity index (χ0) is 26.6. The predicted molar refractivity (Wildman–Crippen MR) is 134 cm³/mol. The Hall–Kier alpha value is -3.80. The maximum Gasteiger partial charge on any atom is 0.418 e. The van der Waals surface area contributed by atoms with E-state index in [1.54, 1.807) is 17.3 Å². The molecule has 8 nitrogen and oxygen atoms in total. The fourth-order valence-corrected chi connectivity index (χ4v) is 4.52. The van der Waals surface area contributed by atoms with Gasteiger partial charge < -0.3 is 21.5 Å². The second kappa shape index (κ2) is 10.9. The lowest BCUT2D eigenvalue weighted by Gasteiger charge is -2.26. The summed E-state index contributed by atoms with van der Waals surface area (Å²) in [5.41, 5.74) is 10.4. The van der Waals surface area contributed by atoms with Crippen LogP contribution in [0.15, 0.2) is 41.8 Å². The molecule has 2 aromatic carbocycles. The van der Waals surface area contributed by atoms with E-state index >= 15 is 0 Å². The molecule has 0 unspecified atom stereocenters. The summed E-state index contributed by atoms with van der Waals surface area (Å²) in [6.45, 7) is 2.46. The number of carbonyl (C=O) groups is 2. The van der Waals surface area contributed by atoms with Crippen LogP contribution in [0.1, 0.15) is 42.1 Å². The molecule has 0 aliphatic heterocycles. The molecule has 0 saturated heterocycles. The van der Waals surface area contributed by atoms with E-state index in [9.17, 15) is 27.9 Å². The maximum atomic E-state index is 14.0. The largest absolute Gasteiger partial charge is 0.507 e. The second-order valence-electron chi connectivity index (χ2n) is 8.11. The minimum absolute atomic E-state index is 0.00493. The van der Waals surface area contributed by atoms with Crippen molar-refractivity contribution < 1.29 is 27.9 Å². The molecule has 0 fully saturated rings. The number of thiazole rings is 1. The third kappa shape index (κ3) is 5.88. The number of hydrogen-bond donors (Lipinski definition) is 3. The normalized spacial score (nSPS) is 11.4. The number of hydrogen-bond acceptors (Lipinski definition) is 6. The molecule has 12 heteroatoms. The molecule has 192 valence electrons. The number of phenols is 1. The number of alkyl halides is 3. The van der Waals surface area contributed by atoms with Crippen LogP contribution in [0, 0.1) is 0 Å². The van der Waals surface area contributed by atoms with Gasteiger partial charge in [0.2, 0.25) is 0 Å². The Morgan fingerprint density at radius 1 is 1.11 bits per heavy atom. The van der Waals surface area contributed by atoms with E-state index in [4.69, 9.17) is 11.5 Å². The number of rotatable bonds is 9. The van der Waals surface area contributed by atoms with Crippen molar-refractivity contribution in [3.05, 3.63) is 52.9 Å². The lowest BCUT2D eigenvalue weighted by Crippen LogP contribution is -2.32. The molecule has 3 aromatic rings. The van der Waals surface area contributed by atoms with Crippen molar-refractivity contribution in [3.63, 3.8) is 0 Å². The van der Waals surface area contributed by atoms with Gasteiger partial charge in [0.1, 0.15) is 5.75 Å². The van der Waals surface area contributed by atoms with Crippen molar-refractivity contribution in [2.24, 2.45) is 11.5 Å². The molecule has 3 rings (SSSR count). The van der Waals surface area contributed by atoms with Gasteiger partial charge in [-0.25, -0.2) is 14.7 Å². The van der Waals surface area contributed by atoms with E-state index in [0.717, 1.165) is 41.6 Å². The highest BCUT2D eigenvalue weighted by atomic mass is 32.1. The van der Waals surface area contributed by atoms with Crippen LogP contribution >= 0.6 is 11.3 Å². The van der Waals surface area contributed by atoms with Crippen LogP contribution in [0.4, 0.5) is 34.5 Å². The lowest BCUT2D eigenvalue weighted by molar-refractivity contribution is -0.137. The van der Waals surface area contributed by atoms with Gasteiger partial charge in [0, 0.05) is 30.2 Å². The Morgan fingerprint density at radius 3 is 2.44 bits per heavy atom. The van der Waals surface area contributed by atoms with Crippen LogP contribution in [0.25, 0.3) is 11.3 Å². The molecular formula is C24H26F3N5O3S. The molecule has 5 N–H and O–H groups in total. The average Bonchev–Trinajstić information content (AvgIpc) is 3.28. The fraction of sp³-hybridized carbons (Fsp3) is 0.292. The molecule has 0 bridgehead atoms.